The summed E-state index contributed by atoms with van der Waals surface area (Å²) in [7, 11) is 0. The van der Waals surface area contributed by atoms with E-state index in [1.54, 1.807) is 0 Å². The molecule has 1 saturated heterocycles. The van der Waals surface area contributed by atoms with Crippen LogP contribution in [-0.4, -0.2) is 30.7 Å². The van der Waals surface area contributed by atoms with Crippen molar-refractivity contribution in [3.8, 4) is 0 Å². The van der Waals surface area contributed by atoms with E-state index in [0.29, 0.717) is 13.2 Å². The summed E-state index contributed by atoms with van der Waals surface area (Å²) >= 11 is 0. The Hall–Kier alpha value is -0.570. The normalized spacial score (nSPS) is 14.5. The minimum atomic E-state index is 0.261. The van der Waals surface area contributed by atoms with Crippen LogP contribution in [0.5, 0.6) is 0 Å². The molecule has 0 atom stereocenters. The number of amides is 1. The molecule has 1 fully saturated rings. The van der Waals surface area contributed by atoms with Gasteiger partial charge in [-0.25, -0.2) is 0 Å². The van der Waals surface area contributed by atoms with Crippen molar-refractivity contribution < 1.29 is 9.53 Å². The highest BCUT2D eigenvalue weighted by Crippen LogP contribution is 2.14. The van der Waals surface area contributed by atoms with Crippen molar-refractivity contribution >= 4 is 5.91 Å². The second-order valence-electron chi connectivity index (χ2n) is 8.10. The molecule has 154 valence electrons. The maximum atomic E-state index is 11.4. The number of unbranched alkanes of at least 4 members (excludes halogenated alkanes) is 15. The van der Waals surface area contributed by atoms with E-state index in [2.05, 4.69) is 6.92 Å². The van der Waals surface area contributed by atoms with Crippen LogP contribution in [0.1, 0.15) is 122 Å². The minimum Gasteiger partial charge on any atom is -0.361 e. The van der Waals surface area contributed by atoms with E-state index >= 15 is 0 Å². The molecule has 0 aliphatic carbocycles. The molecule has 0 aromatic carbocycles. The van der Waals surface area contributed by atoms with Crippen molar-refractivity contribution in [2.24, 2.45) is 0 Å². The van der Waals surface area contributed by atoms with E-state index in [-0.39, 0.29) is 5.91 Å². The number of hydrogen-bond donors (Lipinski definition) is 0. The van der Waals surface area contributed by atoms with Crippen LogP contribution in [0.4, 0.5) is 0 Å². The Labute approximate surface area is 163 Å². The molecule has 1 heterocycles. The number of hydrogen-bond acceptors (Lipinski definition) is 2. The summed E-state index contributed by atoms with van der Waals surface area (Å²) in [6.07, 6.45) is 24.0. The van der Waals surface area contributed by atoms with Crippen LogP contribution >= 0.6 is 0 Å². The van der Waals surface area contributed by atoms with Gasteiger partial charge in [0.15, 0.2) is 0 Å². The highest BCUT2D eigenvalue weighted by atomic mass is 16.5. The first kappa shape index (κ1) is 23.5. The Kier molecular flexibility index (Phi) is 16.1. The van der Waals surface area contributed by atoms with Gasteiger partial charge in [-0.15, -0.1) is 0 Å². The van der Waals surface area contributed by atoms with Gasteiger partial charge in [0, 0.05) is 19.6 Å². The summed E-state index contributed by atoms with van der Waals surface area (Å²) in [4.78, 5) is 13.3. The van der Waals surface area contributed by atoms with E-state index in [4.69, 9.17) is 4.74 Å². The Bertz CT molecular complexity index is 319. The van der Waals surface area contributed by atoms with Crippen LogP contribution in [0.3, 0.4) is 0 Å². The zero-order chi connectivity index (χ0) is 18.7. The summed E-state index contributed by atoms with van der Waals surface area (Å²) < 4.78 is 5.61. The van der Waals surface area contributed by atoms with Gasteiger partial charge in [-0.2, -0.15) is 0 Å². The van der Waals surface area contributed by atoms with Gasteiger partial charge in [0.25, 0.3) is 0 Å². The lowest BCUT2D eigenvalue weighted by Crippen LogP contribution is -2.27. The summed E-state index contributed by atoms with van der Waals surface area (Å²) in [5.74, 6) is 0.261. The van der Waals surface area contributed by atoms with Crippen LogP contribution in [0.15, 0.2) is 0 Å². The fourth-order valence-corrected chi connectivity index (χ4v) is 3.77. The Morgan fingerprint density at radius 3 is 1.62 bits per heavy atom. The molecule has 3 nitrogen and oxygen atoms in total. The molecule has 3 heteroatoms. The van der Waals surface area contributed by atoms with Gasteiger partial charge in [0.2, 0.25) is 5.91 Å². The highest BCUT2D eigenvalue weighted by molar-refractivity contribution is 5.77. The van der Waals surface area contributed by atoms with Gasteiger partial charge in [-0.1, -0.05) is 103 Å². The quantitative estimate of drug-likeness (QED) is 0.234. The predicted octanol–water partition coefficient (Wildman–Crippen LogP) is 6.84. The van der Waals surface area contributed by atoms with Crippen LogP contribution < -0.4 is 0 Å². The lowest BCUT2D eigenvalue weighted by molar-refractivity contribution is -0.132. The Balaban J connectivity index is 1.66. The number of likely N-dealkylation sites (tertiary alicyclic amines) is 1. The van der Waals surface area contributed by atoms with Gasteiger partial charge < -0.3 is 9.64 Å². The fourth-order valence-electron chi connectivity index (χ4n) is 3.77. The average molecular weight is 368 g/mol. The zero-order valence-electron chi connectivity index (χ0n) is 17.6. The van der Waals surface area contributed by atoms with E-state index < -0.39 is 0 Å². The molecule has 0 unspecified atom stereocenters. The minimum absolute atomic E-state index is 0.261. The summed E-state index contributed by atoms with van der Waals surface area (Å²) in [6.45, 7) is 4.49. The third-order valence-corrected chi connectivity index (χ3v) is 5.56. The van der Waals surface area contributed by atoms with Crippen molar-refractivity contribution in [3.63, 3.8) is 0 Å². The van der Waals surface area contributed by atoms with Crippen molar-refractivity contribution in [1.29, 1.82) is 0 Å². The molecular weight excluding hydrogens is 322 g/mol. The maximum Gasteiger partial charge on any atom is 0.224 e. The van der Waals surface area contributed by atoms with E-state index in [1.807, 2.05) is 4.90 Å². The molecule has 26 heavy (non-hydrogen) atoms. The molecule has 0 spiro atoms. The number of carbonyl (C=O) groups is 1. The summed E-state index contributed by atoms with van der Waals surface area (Å²) in [5.41, 5.74) is 0. The lowest BCUT2D eigenvalue weighted by atomic mass is 10.0. The maximum absolute atomic E-state index is 11.4. The Morgan fingerprint density at radius 2 is 1.19 bits per heavy atom. The van der Waals surface area contributed by atoms with Crippen molar-refractivity contribution in [3.05, 3.63) is 0 Å². The first-order valence-corrected chi connectivity index (χ1v) is 11.7. The van der Waals surface area contributed by atoms with Crippen molar-refractivity contribution in [2.45, 2.75) is 122 Å². The number of rotatable bonds is 19. The number of nitrogens with zero attached hydrogens (tertiary/aromatic N) is 1. The molecule has 0 aromatic heterocycles. The van der Waals surface area contributed by atoms with Crippen molar-refractivity contribution in [2.75, 3.05) is 19.9 Å². The number of ether oxygens (including phenoxy) is 1. The van der Waals surface area contributed by atoms with Gasteiger partial charge in [0.05, 0.1) is 0 Å². The van der Waals surface area contributed by atoms with E-state index in [9.17, 15) is 4.79 Å². The molecule has 0 aromatic rings. The fraction of sp³-hybridized carbons (Fsp3) is 0.957. The predicted molar refractivity (Wildman–Crippen MR) is 111 cm³/mol. The summed E-state index contributed by atoms with van der Waals surface area (Å²) in [5, 5.41) is 0. The molecule has 0 radical (unpaired) electrons. The van der Waals surface area contributed by atoms with Gasteiger partial charge in [-0.3, -0.25) is 4.79 Å². The molecule has 0 N–H and O–H groups in total. The lowest BCUT2D eigenvalue weighted by Gasteiger charge is -2.15. The molecule has 1 aliphatic heterocycles. The van der Waals surface area contributed by atoms with Crippen molar-refractivity contribution in [1.82, 2.24) is 4.90 Å². The van der Waals surface area contributed by atoms with E-state index in [0.717, 1.165) is 26.0 Å². The molecular formula is C23H45NO2. The largest absolute Gasteiger partial charge is 0.361 e. The molecule has 1 aliphatic rings. The average Bonchev–Trinajstić information content (AvgIpc) is 3.05. The van der Waals surface area contributed by atoms with E-state index in [1.165, 1.54) is 96.3 Å². The first-order chi connectivity index (χ1) is 12.8. The Morgan fingerprint density at radius 1 is 0.731 bits per heavy atom. The zero-order valence-corrected chi connectivity index (χ0v) is 17.6. The smallest absolute Gasteiger partial charge is 0.224 e. The molecule has 1 amide bonds. The van der Waals surface area contributed by atoms with Crippen LogP contribution in [0.25, 0.3) is 0 Å². The van der Waals surface area contributed by atoms with Crippen LogP contribution in [0, 0.1) is 0 Å². The second-order valence-corrected chi connectivity index (χ2v) is 8.10. The number of carbonyl (C=O) groups excluding carboxylic acids is 1. The topological polar surface area (TPSA) is 29.5 Å². The van der Waals surface area contributed by atoms with Crippen LogP contribution in [0.2, 0.25) is 0 Å². The van der Waals surface area contributed by atoms with Crippen LogP contribution in [-0.2, 0) is 9.53 Å². The SMILES string of the molecule is CCCCCCCCCCCCCCCCCCOCN1CCCC1=O. The first-order valence-electron chi connectivity index (χ1n) is 11.7. The van der Waals surface area contributed by atoms with Gasteiger partial charge >= 0.3 is 0 Å². The molecule has 0 bridgehead atoms. The third kappa shape index (κ3) is 13.6. The molecule has 1 rings (SSSR count). The third-order valence-electron chi connectivity index (χ3n) is 5.56. The summed E-state index contributed by atoms with van der Waals surface area (Å²) in [6, 6.07) is 0. The van der Waals surface area contributed by atoms with Gasteiger partial charge in [-0.05, 0) is 12.8 Å². The molecule has 0 saturated carbocycles. The van der Waals surface area contributed by atoms with Gasteiger partial charge in [0.1, 0.15) is 6.73 Å². The highest BCUT2D eigenvalue weighted by Gasteiger charge is 2.19. The monoisotopic (exact) mass is 367 g/mol. The second kappa shape index (κ2) is 17.8. The standard InChI is InChI=1S/C23H45NO2/c1-2-3-4-5-6-7-8-9-10-11-12-13-14-15-16-17-21-26-22-24-20-18-19-23(24)25/h2-22H2,1H3.